The fourth-order valence-electron chi connectivity index (χ4n) is 5.50. The highest BCUT2D eigenvalue weighted by Crippen LogP contribution is 2.34. The summed E-state index contributed by atoms with van der Waals surface area (Å²) in [5, 5.41) is 0. The van der Waals surface area contributed by atoms with Gasteiger partial charge in [0.2, 0.25) is 5.91 Å². The molecule has 3 saturated heterocycles. The van der Waals surface area contributed by atoms with Crippen LogP contribution in [0.4, 0.5) is 22.0 Å². The topological polar surface area (TPSA) is 80.3 Å². The lowest BCUT2D eigenvalue weighted by atomic mass is 10.1. The second-order valence-corrected chi connectivity index (χ2v) is 10.1. The zero-order chi connectivity index (χ0) is 25.6. The number of piperazine rings is 1. The van der Waals surface area contributed by atoms with Crippen LogP contribution in [-0.4, -0.2) is 85.0 Å². The number of anilines is 3. The quantitative estimate of drug-likeness (QED) is 0.658. The molecule has 0 radical (unpaired) electrons. The van der Waals surface area contributed by atoms with E-state index < -0.39 is 0 Å². The van der Waals surface area contributed by atoms with Crippen molar-refractivity contribution in [3.63, 3.8) is 0 Å². The molecule has 9 nitrogen and oxygen atoms in total. The number of carbonyl (C=O) groups excluding carboxylic acids is 3. The fraction of sp³-hybridized carbons (Fsp3) is 0.481. The van der Waals surface area contributed by atoms with Crippen molar-refractivity contribution < 1.29 is 14.4 Å². The Labute approximate surface area is 212 Å². The largest absolute Gasteiger partial charge is 0.353 e. The average Bonchev–Trinajstić information content (AvgIpc) is 3.38. The van der Waals surface area contributed by atoms with Crippen LogP contribution < -0.4 is 14.7 Å². The lowest BCUT2D eigenvalue weighted by molar-refractivity contribution is -0.117. The lowest BCUT2D eigenvalue weighted by Gasteiger charge is -2.36. The number of hydrogen-bond donors (Lipinski definition) is 0. The summed E-state index contributed by atoms with van der Waals surface area (Å²) in [6, 6.07) is 7.57. The Bertz CT molecular complexity index is 1210. The zero-order valence-corrected chi connectivity index (χ0v) is 21.5. The molecule has 1 unspecified atom stereocenters. The number of urea groups is 1. The summed E-state index contributed by atoms with van der Waals surface area (Å²) in [6.07, 6.45) is 3.20. The number of aromatic nitrogens is 1. The van der Waals surface area contributed by atoms with Gasteiger partial charge in [0.15, 0.2) is 0 Å². The van der Waals surface area contributed by atoms with Crippen LogP contribution in [0.25, 0.3) is 0 Å². The third-order valence-corrected chi connectivity index (χ3v) is 7.54. The average molecular weight is 491 g/mol. The van der Waals surface area contributed by atoms with Gasteiger partial charge < -0.3 is 19.6 Å². The van der Waals surface area contributed by atoms with Crippen LogP contribution in [-0.2, 0) is 4.79 Å². The van der Waals surface area contributed by atoms with Crippen molar-refractivity contribution in [3.05, 3.63) is 47.2 Å². The highest BCUT2D eigenvalue weighted by molar-refractivity contribution is 6.07. The van der Waals surface area contributed by atoms with E-state index >= 15 is 0 Å². The van der Waals surface area contributed by atoms with Gasteiger partial charge in [-0.3, -0.25) is 14.5 Å². The monoisotopic (exact) mass is 490 g/mol. The second kappa shape index (κ2) is 9.44. The molecular weight excluding hydrogens is 456 g/mol. The normalized spacial score (nSPS) is 20.7. The molecule has 3 aliphatic heterocycles. The number of aryl methyl sites for hydroxylation is 2. The third-order valence-electron chi connectivity index (χ3n) is 7.54. The van der Waals surface area contributed by atoms with Gasteiger partial charge >= 0.3 is 6.03 Å². The van der Waals surface area contributed by atoms with Crippen LogP contribution >= 0.6 is 0 Å². The van der Waals surface area contributed by atoms with Crippen LogP contribution in [0.2, 0.25) is 0 Å². The molecule has 0 spiro atoms. The van der Waals surface area contributed by atoms with E-state index in [9.17, 15) is 14.4 Å². The first-order valence-corrected chi connectivity index (χ1v) is 12.7. The Morgan fingerprint density at radius 3 is 2.36 bits per heavy atom. The Morgan fingerprint density at radius 2 is 1.75 bits per heavy atom. The fourth-order valence-corrected chi connectivity index (χ4v) is 5.50. The molecule has 36 heavy (non-hydrogen) atoms. The molecule has 1 aromatic heterocycles. The minimum Gasteiger partial charge on any atom is -0.353 e. The molecule has 4 amide bonds. The van der Waals surface area contributed by atoms with Crippen LogP contribution in [0.3, 0.4) is 0 Å². The molecule has 2 aromatic rings. The van der Waals surface area contributed by atoms with Gasteiger partial charge in [-0.15, -0.1) is 0 Å². The van der Waals surface area contributed by atoms with Gasteiger partial charge in [-0.2, -0.15) is 0 Å². The first-order chi connectivity index (χ1) is 17.2. The maximum Gasteiger partial charge on any atom is 0.324 e. The molecule has 0 N–H and O–H groups in total. The van der Waals surface area contributed by atoms with Crippen LogP contribution in [0.15, 0.2) is 30.5 Å². The summed E-state index contributed by atoms with van der Waals surface area (Å²) >= 11 is 0. The van der Waals surface area contributed by atoms with Crippen molar-refractivity contribution in [2.75, 3.05) is 61.0 Å². The molecule has 0 saturated carbocycles. The smallest absolute Gasteiger partial charge is 0.324 e. The summed E-state index contributed by atoms with van der Waals surface area (Å²) in [5.41, 5.74) is 4.09. The van der Waals surface area contributed by atoms with Crippen molar-refractivity contribution in [3.8, 4) is 0 Å². The SMILES string of the molecule is Cc1cnc(N2CCN(C(=O)c3ccc(N4C(=O)CCC4C)cc3N3CCN(C)C3=O)CC2)c(C)c1. The van der Waals surface area contributed by atoms with Crippen LogP contribution in [0.5, 0.6) is 0 Å². The van der Waals surface area contributed by atoms with Crippen LogP contribution in [0.1, 0.15) is 41.3 Å². The number of carbonyl (C=O) groups is 3. The molecule has 190 valence electrons. The van der Waals surface area contributed by atoms with E-state index in [1.54, 1.807) is 27.8 Å². The molecule has 1 atom stereocenters. The second-order valence-electron chi connectivity index (χ2n) is 10.1. The van der Waals surface area contributed by atoms with Gasteiger partial charge in [-0.05, 0) is 56.5 Å². The van der Waals surface area contributed by atoms with E-state index in [1.165, 1.54) is 0 Å². The van der Waals surface area contributed by atoms with E-state index in [-0.39, 0.29) is 23.9 Å². The van der Waals surface area contributed by atoms with Crippen molar-refractivity contribution in [1.82, 2.24) is 14.8 Å². The molecule has 3 fully saturated rings. The molecule has 3 aliphatic rings. The number of nitrogens with zero attached hydrogens (tertiary/aromatic N) is 6. The van der Waals surface area contributed by atoms with Gasteiger partial charge in [-0.1, -0.05) is 6.07 Å². The molecule has 4 heterocycles. The standard InChI is InChI=1S/C27H34N6O3/c1-18-15-19(2)25(28-17-18)30-10-12-31(13-11-30)26(35)22-7-6-21(33-20(3)5-8-24(33)34)16-23(22)32-14-9-29(4)27(32)36/h6-7,15-17,20H,5,8-14H2,1-4H3. The van der Waals surface area contributed by atoms with E-state index in [1.807, 2.05) is 37.1 Å². The van der Waals surface area contributed by atoms with Gasteiger partial charge in [0.1, 0.15) is 5.82 Å². The molecule has 5 rings (SSSR count). The van der Waals surface area contributed by atoms with Gasteiger partial charge in [-0.25, -0.2) is 9.78 Å². The minimum absolute atomic E-state index is 0.0773. The highest BCUT2D eigenvalue weighted by atomic mass is 16.2. The predicted octanol–water partition coefficient (Wildman–Crippen LogP) is 3.05. The summed E-state index contributed by atoms with van der Waals surface area (Å²) in [7, 11) is 1.76. The van der Waals surface area contributed by atoms with Gasteiger partial charge in [0, 0.05) is 70.7 Å². The summed E-state index contributed by atoms with van der Waals surface area (Å²) < 4.78 is 0. The Balaban J connectivity index is 1.40. The molecule has 1 aromatic carbocycles. The maximum atomic E-state index is 13.7. The lowest BCUT2D eigenvalue weighted by Crippen LogP contribution is -2.49. The molecule has 0 aliphatic carbocycles. The summed E-state index contributed by atoms with van der Waals surface area (Å²) in [5.74, 6) is 0.953. The van der Waals surface area contributed by atoms with E-state index in [0.29, 0.717) is 56.9 Å². The van der Waals surface area contributed by atoms with E-state index in [0.717, 1.165) is 29.1 Å². The van der Waals surface area contributed by atoms with E-state index in [4.69, 9.17) is 0 Å². The van der Waals surface area contributed by atoms with Crippen LogP contribution in [0, 0.1) is 13.8 Å². The van der Waals surface area contributed by atoms with Crippen molar-refractivity contribution in [1.29, 1.82) is 0 Å². The maximum absolute atomic E-state index is 13.7. The highest BCUT2D eigenvalue weighted by Gasteiger charge is 2.34. The first kappa shape index (κ1) is 24.1. The number of likely N-dealkylation sites (N-methyl/N-ethyl adjacent to an activating group) is 1. The summed E-state index contributed by atoms with van der Waals surface area (Å²) in [6.45, 7) is 9.77. The third kappa shape index (κ3) is 4.27. The molecule has 9 heteroatoms. The molecular formula is C27H34N6O3. The Morgan fingerprint density at radius 1 is 1.00 bits per heavy atom. The zero-order valence-electron chi connectivity index (χ0n) is 21.5. The van der Waals surface area contributed by atoms with Gasteiger partial charge in [0.05, 0.1) is 11.3 Å². The number of hydrogen-bond acceptors (Lipinski definition) is 5. The Hall–Kier alpha value is -3.62. The minimum atomic E-state index is -0.132. The van der Waals surface area contributed by atoms with Crippen molar-refractivity contribution in [2.24, 2.45) is 0 Å². The Kier molecular flexibility index (Phi) is 6.32. The van der Waals surface area contributed by atoms with E-state index in [2.05, 4.69) is 22.9 Å². The van der Waals surface area contributed by atoms with Gasteiger partial charge in [0.25, 0.3) is 5.91 Å². The molecule has 0 bridgehead atoms. The number of rotatable bonds is 4. The first-order valence-electron chi connectivity index (χ1n) is 12.7. The van der Waals surface area contributed by atoms with Crippen molar-refractivity contribution >= 4 is 35.0 Å². The predicted molar refractivity (Wildman–Crippen MR) is 140 cm³/mol. The number of pyridine rings is 1. The number of benzene rings is 1. The number of amides is 4. The summed E-state index contributed by atoms with van der Waals surface area (Å²) in [4.78, 5) is 53.0. The van der Waals surface area contributed by atoms with Crippen molar-refractivity contribution in [2.45, 2.75) is 39.7 Å².